The van der Waals surface area contributed by atoms with E-state index in [1.165, 1.54) is 17.4 Å². The molecule has 0 atom stereocenters. The minimum absolute atomic E-state index is 0.236. The second-order valence-corrected chi connectivity index (χ2v) is 5.84. The van der Waals surface area contributed by atoms with Gasteiger partial charge in [0.15, 0.2) is 5.65 Å². The second-order valence-electron chi connectivity index (χ2n) is 5.84. The Morgan fingerprint density at radius 2 is 1.84 bits per heavy atom. The molecule has 0 unspecified atom stereocenters. The van der Waals surface area contributed by atoms with Crippen molar-refractivity contribution >= 4 is 11.2 Å². The zero-order chi connectivity index (χ0) is 13.0. The molecule has 2 heterocycles. The Bertz CT molecular complexity index is 746. The van der Waals surface area contributed by atoms with Crippen molar-refractivity contribution in [2.45, 2.75) is 38.6 Å². The lowest BCUT2D eigenvalue weighted by atomic mass is 10.3. The highest BCUT2D eigenvalue weighted by atomic mass is 16.2. The smallest absolute Gasteiger partial charge is 0.330 e. The highest BCUT2D eigenvalue weighted by Gasteiger charge is 2.25. The summed E-state index contributed by atoms with van der Waals surface area (Å²) in [5.74, 6) is 2.00. The number of hydrogen-bond acceptors (Lipinski definition) is 3. The van der Waals surface area contributed by atoms with Crippen LogP contribution in [0.5, 0.6) is 0 Å². The Hall–Kier alpha value is -1.85. The number of rotatable bonds is 4. The van der Waals surface area contributed by atoms with Gasteiger partial charge < -0.3 is 4.98 Å². The molecule has 2 fully saturated rings. The summed E-state index contributed by atoms with van der Waals surface area (Å²) in [6.45, 7) is 0.529. The number of aromatic nitrogens is 4. The van der Waals surface area contributed by atoms with E-state index in [1.807, 2.05) is 0 Å². The molecule has 0 aromatic carbocycles. The quantitative estimate of drug-likeness (QED) is 0.852. The first kappa shape index (κ1) is 11.0. The number of hydrogen-bond donors (Lipinski definition) is 2. The maximum absolute atomic E-state index is 12.3. The van der Waals surface area contributed by atoms with Gasteiger partial charge in [-0.25, -0.2) is 9.78 Å². The van der Waals surface area contributed by atoms with E-state index in [9.17, 15) is 9.59 Å². The largest absolute Gasteiger partial charge is 0.336 e. The molecule has 0 spiro atoms. The van der Waals surface area contributed by atoms with E-state index in [0.29, 0.717) is 29.5 Å². The lowest BCUT2D eigenvalue weighted by molar-refractivity contribution is 0.580. The molecule has 2 aromatic rings. The molecule has 19 heavy (non-hydrogen) atoms. The first-order valence-corrected chi connectivity index (χ1v) is 6.92. The van der Waals surface area contributed by atoms with Crippen molar-refractivity contribution in [3.8, 4) is 0 Å². The first-order valence-electron chi connectivity index (χ1n) is 6.92. The van der Waals surface area contributed by atoms with Gasteiger partial charge >= 0.3 is 5.69 Å². The monoisotopic (exact) mass is 260 g/mol. The van der Waals surface area contributed by atoms with Gasteiger partial charge in [-0.05, 0) is 37.5 Å². The molecule has 0 bridgehead atoms. The molecule has 2 aromatic heterocycles. The van der Waals surface area contributed by atoms with Gasteiger partial charge in [0.2, 0.25) is 0 Å². The third-order valence-electron chi connectivity index (χ3n) is 4.00. The summed E-state index contributed by atoms with van der Waals surface area (Å²) in [6.07, 6.45) is 5.57. The molecule has 0 aliphatic heterocycles. The maximum Gasteiger partial charge on any atom is 0.330 e. The fourth-order valence-corrected chi connectivity index (χ4v) is 2.48. The molecule has 0 saturated heterocycles. The third-order valence-corrected chi connectivity index (χ3v) is 4.00. The number of fused-ring (bicyclic) bond motifs is 1. The standard InChI is InChI=1S/C13H16N4O2/c18-12-10-11(15-9(14-10)5-7-1-2-7)16-13(19)17(12)6-8-3-4-8/h7-8H,1-6H2,(H,14,15)(H,16,19). The Morgan fingerprint density at radius 1 is 1.11 bits per heavy atom. The van der Waals surface area contributed by atoms with Gasteiger partial charge in [0, 0.05) is 13.0 Å². The molecule has 4 rings (SSSR count). The summed E-state index contributed by atoms with van der Waals surface area (Å²) < 4.78 is 1.30. The highest BCUT2D eigenvalue weighted by molar-refractivity contribution is 5.68. The van der Waals surface area contributed by atoms with E-state index < -0.39 is 0 Å². The van der Waals surface area contributed by atoms with Crippen LogP contribution in [0.2, 0.25) is 0 Å². The zero-order valence-electron chi connectivity index (χ0n) is 10.6. The van der Waals surface area contributed by atoms with Gasteiger partial charge in [0.05, 0.1) is 0 Å². The predicted molar refractivity (Wildman–Crippen MR) is 70.1 cm³/mol. The summed E-state index contributed by atoms with van der Waals surface area (Å²) in [5.41, 5.74) is 0.266. The van der Waals surface area contributed by atoms with E-state index in [-0.39, 0.29) is 11.2 Å². The summed E-state index contributed by atoms with van der Waals surface area (Å²) in [4.78, 5) is 34.3. The van der Waals surface area contributed by atoms with E-state index >= 15 is 0 Å². The normalized spacial score (nSPS) is 19.2. The predicted octanol–water partition coefficient (Wildman–Crippen LogP) is 0.775. The Morgan fingerprint density at radius 3 is 2.53 bits per heavy atom. The molecule has 2 saturated carbocycles. The molecular weight excluding hydrogens is 244 g/mol. The average Bonchev–Trinajstić information content (AvgIpc) is 3.26. The second kappa shape index (κ2) is 3.82. The van der Waals surface area contributed by atoms with Crippen molar-refractivity contribution in [3.05, 3.63) is 26.7 Å². The van der Waals surface area contributed by atoms with Crippen LogP contribution in [0.25, 0.3) is 11.2 Å². The van der Waals surface area contributed by atoms with Crippen LogP contribution in [-0.4, -0.2) is 19.5 Å². The molecule has 0 amide bonds. The van der Waals surface area contributed by atoms with Gasteiger partial charge in [0.1, 0.15) is 11.3 Å². The molecule has 6 nitrogen and oxygen atoms in total. The van der Waals surface area contributed by atoms with E-state index in [0.717, 1.165) is 25.1 Å². The van der Waals surface area contributed by atoms with Crippen LogP contribution >= 0.6 is 0 Å². The summed E-state index contributed by atoms with van der Waals surface area (Å²) >= 11 is 0. The summed E-state index contributed by atoms with van der Waals surface area (Å²) in [6, 6.07) is 0. The van der Waals surface area contributed by atoms with Gasteiger partial charge in [-0.2, -0.15) is 0 Å². The molecule has 6 heteroatoms. The number of nitrogens with zero attached hydrogens (tertiary/aromatic N) is 2. The van der Waals surface area contributed by atoms with Crippen molar-refractivity contribution in [1.29, 1.82) is 0 Å². The van der Waals surface area contributed by atoms with Gasteiger partial charge in [-0.15, -0.1) is 0 Å². The van der Waals surface area contributed by atoms with Gasteiger partial charge in [-0.3, -0.25) is 14.3 Å². The minimum atomic E-state index is -0.339. The third kappa shape index (κ3) is 2.01. The lowest BCUT2D eigenvalue weighted by Gasteiger charge is -2.01. The number of imidazole rings is 1. The van der Waals surface area contributed by atoms with Crippen molar-refractivity contribution in [3.63, 3.8) is 0 Å². The topological polar surface area (TPSA) is 83.5 Å². The SMILES string of the molecule is O=c1[nH]c2nc(CC3CC3)[nH]c2c(=O)n1CC1CC1. The van der Waals surface area contributed by atoms with E-state index in [1.54, 1.807) is 0 Å². The van der Waals surface area contributed by atoms with Crippen LogP contribution in [0, 0.1) is 11.8 Å². The Kier molecular flexibility index (Phi) is 2.22. The fraction of sp³-hybridized carbons (Fsp3) is 0.615. The van der Waals surface area contributed by atoms with Crippen molar-refractivity contribution in [1.82, 2.24) is 19.5 Å². The Labute approximate surface area is 108 Å². The first-order chi connectivity index (χ1) is 9.20. The molecule has 2 aliphatic rings. The molecule has 2 N–H and O–H groups in total. The van der Waals surface area contributed by atoms with Crippen molar-refractivity contribution in [2.24, 2.45) is 11.8 Å². The van der Waals surface area contributed by atoms with Crippen LogP contribution in [0.1, 0.15) is 31.5 Å². The van der Waals surface area contributed by atoms with Crippen molar-refractivity contribution in [2.75, 3.05) is 0 Å². The Balaban J connectivity index is 1.80. The number of aromatic amines is 2. The van der Waals surface area contributed by atoms with E-state index in [4.69, 9.17) is 0 Å². The molecular formula is C13H16N4O2. The van der Waals surface area contributed by atoms with Gasteiger partial charge in [0.25, 0.3) is 5.56 Å². The lowest BCUT2D eigenvalue weighted by Crippen LogP contribution is -2.35. The highest BCUT2D eigenvalue weighted by Crippen LogP contribution is 2.32. The summed E-state index contributed by atoms with van der Waals surface area (Å²) in [7, 11) is 0. The number of nitrogens with one attached hydrogen (secondary N) is 2. The van der Waals surface area contributed by atoms with Crippen LogP contribution in [-0.2, 0) is 13.0 Å². The van der Waals surface area contributed by atoms with Gasteiger partial charge in [-0.1, -0.05) is 0 Å². The maximum atomic E-state index is 12.3. The number of H-pyrrole nitrogens is 2. The van der Waals surface area contributed by atoms with E-state index in [2.05, 4.69) is 15.0 Å². The van der Waals surface area contributed by atoms with Crippen LogP contribution in [0.3, 0.4) is 0 Å². The molecule has 2 aliphatic carbocycles. The zero-order valence-corrected chi connectivity index (χ0v) is 10.6. The van der Waals surface area contributed by atoms with Crippen LogP contribution < -0.4 is 11.2 Å². The van der Waals surface area contributed by atoms with Crippen LogP contribution in [0.15, 0.2) is 9.59 Å². The van der Waals surface area contributed by atoms with Crippen LogP contribution in [0.4, 0.5) is 0 Å². The molecule has 100 valence electrons. The minimum Gasteiger partial charge on any atom is -0.336 e. The van der Waals surface area contributed by atoms with Crippen molar-refractivity contribution < 1.29 is 0 Å². The molecule has 0 radical (unpaired) electrons. The summed E-state index contributed by atoms with van der Waals surface area (Å²) in [5, 5.41) is 0. The average molecular weight is 260 g/mol. The fourth-order valence-electron chi connectivity index (χ4n) is 2.48.